The highest BCUT2D eigenvalue weighted by Gasteiger charge is 2.44. The number of rotatable bonds is 5. The van der Waals surface area contributed by atoms with Crippen LogP contribution in [0, 0.1) is 0 Å². The Morgan fingerprint density at radius 2 is 1.39 bits per heavy atom. The molecule has 3 rings (SSSR count). The molecule has 152 valence electrons. The largest absolute Gasteiger partial charge is 0.497 e. The SMILES string of the molecule is COc1ccc(S(=O)(=O)C2CN(S(=O)(=O)c3ccc(C(F)(F)F)cc3)C2)cc1. The van der Waals surface area contributed by atoms with E-state index in [1.807, 2.05) is 0 Å². The first-order chi connectivity index (χ1) is 13.0. The number of methoxy groups -OCH3 is 1. The van der Waals surface area contributed by atoms with Crippen molar-refractivity contribution in [2.24, 2.45) is 0 Å². The number of sulfonamides is 1. The Bertz CT molecular complexity index is 1060. The summed E-state index contributed by atoms with van der Waals surface area (Å²) in [6, 6.07) is 8.82. The van der Waals surface area contributed by atoms with Gasteiger partial charge in [-0.25, -0.2) is 16.8 Å². The van der Waals surface area contributed by atoms with Crippen LogP contribution in [-0.2, 0) is 26.0 Å². The van der Waals surface area contributed by atoms with Gasteiger partial charge in [-0.05, 0) is 48.5 Å². The van der Waals surface area contributed by atoms with Crippen LogP contribution < -0.4 is 4.74 Å². The van der Waals surface area contributed by atoms with Crippen LogP contribution in [0.3, 0.4) is 0 Å². The maximum Gasteiger partial charge on any atom is 0.416 e. The number of alkyl halides is 3. The predicted octanol–water partition coefficient (Wildman–Crippen LogP) is 2.56. The van der Waals surface area contributed by atoms with Gasteiger partial charge in [0.1, 0.15) is 5.75 Å². The van der Waals surface area contributed by atoms with Gasteiger partial charge in [0.05, 0.1) is 27.7 Å². The number of sulfone groups is 1. The van der Waals surface area contributed by atoms with E-state index in [1.165, 1.54) is 31.4 Å². The van der Waals surface area contributed by atoms with E-state index >= 15 is 0 Å². The van der Waals surface area contributed by atoms with E-state index in [1.54, 1.807) is 0 Å². The van der Waals surface area contributed by atoms with Gasteiger partial charge in [-0.1, -0.05) is 0 Å². The molecule has 1 saturated heterocycles. The Balaban J connectivity index is 1.74. The first-order valence-corrected chi connectivity index (χ1v) is 11.0. The van der Waals surface area contributed by atoms with Crippen molar-refractivity contribution in [1.82, 2.24) is 4.31 Å². The second-order valence-corrected chi connectivity index (χ2v) is 10.4. The molecule has 2 aromatic carbocycles. The molecule has 1 heterocycles. The molecule has 0 unspecified atom stereocenters. The molecular weight excluding hydrogens is 419 g/mol. The van der Waals surface area contributed by atoms with Crippen molar-refractivity contribution in [2.45, 2.75) is 21.2 Å². The van der Waals surface area contributed by atoms with Gasteiger partial charge < -0.3 is 4.74 Å². The van der Waals surface area contributed by atoms with Gasteiger partial charge in [0.25, 0.3) is 0 Å². The number of hydrogen-bond acceptors (Lipinski definition) is 5. The molecule has 28 heavy (non-hydrogen) atoms. The van der Waals surface area contributed by atoms with Crippen molar-refractivity contribution in [3.05, 3.63) is 54.1 Å². The summed E-state index contributed by atoms with van der Waals surface area (Å²) in [5.41, 5.74) is -0.963. The second-order valence-electron chi connectivity index (χ2n) is 6.19. The molecule has 1 aliphatic heterocycles. The number of hydrogen-bond donors (Lipinski definition) is 0. The summed E-state index contributed by atoms with van der Waals surface area (Å²) in [6.07, 6.45) is -4.57. The molecule has 0 N–H and O–H groups in total. The first kappa shape index (κ1) is 20.6. The predicted molar refractivity (Wildman–Crippen MR) is 94.2 cm³/mol. The summed E-state index contributed by atoms with van der Waals surface area (Å²) in [7, 11) is -6.36. The lowest BCUT2D eigenvalue weighted by Crippen LogP contribution is -2.56. The molecule has 0 atom stereocenters. The smallest absolute Gasteiger partial charge is 0.416 e. The van der Waals surface area contributed by atoms with Crippen LogP contribution in [0.2, 0.25) is 0 Å². The molecule has 1 aliphatic rings. The number of halogens is 3. The summed E-state index contributed by atoms with van der Waals surface area (Å²) >= 11 is 0. The van der Waals surface area contributed by atoms with Gasteiger partial charge in [-0.3, -0.25) is 0 Å². The number of benzene rings is 2. The third-order valence-electron chi connectivity index (χ3n) is 4.46. The molecule has 1 fully saturated rings. The van der Waals surface area contributed by atoms with Crippen molar-refractivity contribution in [3.63, 3.8) is 0 Å². The molecule has 6 nitrogen and oxygen atoms in total. The van der Waals surface area contributed by atoms with Crippen molar-refractivity contribution < 1.29 is 34.7 Å². The van der Waals surface area contributed by atoms with Crippen LogP contribution >= 0.6 is 0 Å². The average molecular weight is 435 g/mol. The lowest BCUT2D eigenvalue weighted by Gasteiger charge is -2.37. The van der Waals surface area contributed by atoms with E-state index in [9.17, 15) is 30.0 Å². The van der Waals surface area contributed by atoms with Gasteiger partial charge in [-0.15, -0.1) is 0 Å². The van der Waals surface area contributed by atoms with Gasteiger partial charge in [0.2, 0.25) is 10.0 Å². The monoisotopic (exact) mass is 435 g/mol. The Morgan fingerprint density at radius 3 is 1.86 bits per heavy atom. The minimum Gasteiger partial charge on any atom is -0.497 e. The van der Waals surface area contributed by atoms with E-state index in [0.717, 1.165) is 16.4 Å². The maximum absolute atomic E-state index is 12.6. The molecule has 0 bridgehead atoms. The van der Waals surface area contributed by atoms with Crippen molar-refractivity contribution >= 4 is 19.9 Å². The lowest BCUT2D eigenvalue weighted by molar-refractivity contribution is -0.137. The second kappa shape index (κ2) is 7.05. The molecule has 0 saturated carbocycles. The molecular formula is C17H16F3NO5S2. The summed E-state index contributed by atoms with van der Waals surface area (Å²) < 4.78 is 93.9. The maximum atomic E-state index is 12.6. The summed E-state index contributed by atoms with van der Waals surface area (Å²) in [5, 5.41) is -0.926. The van der Waals surface area contributed by atoms with E-state index in [-0.39, 0.29) is 22.9 Å². The molecule has 0 radical (unpaired) electrons. The third-order valence-corrected chi connectivity index (χ3v) is 8.41. The first-order valence-electron chi connectivity index (χ1n) is 8.01. The molecule has 11 heteroatoms. The normalized spacial score (nSPS) is 16.6. The van der Waals surface area contributed by atoms with Crippen LogP contribution in [0.4, 0.5) is 13.2 Å². The zero-order valence-corrected chi connectivity index (χ0v) is 16.2. The minimum atomic E-state index is -4.57. The average Bonchev–Trinajstić information content (AvgIpc) is 2.59. The van der Waals surface area contributed by atoms with E-state index in [4.69, 9.17) is 4.74 Å². The zero-order valence-electron chi connectivity index (χ0n) is 14.5. The summed E-state index contributed by atoms with van der Waals surface area (Å²) in [5.74, 6) is 0.485. The topological polar surface area (TPSA) is 80.8 Å². The van der Waals surface area contributed by atoms with Gasteiger partial charge in [0.15, 0.2) is 9.84 Å². The minimum absolute atomic E-state index is 0.0462. The highest BCUT2D eigenvalue weighted by Crippen LogP contribution is 2.32. The molecule has 0 spiro atoms. The number of ether oxygens (including phenoxy) is 1. The lowest BCUT2D eigenvalue weighted by atomic mass is 10.2. The quantitative estimate of drug-likeness (QED) is 0.721. The number of nitrogens with zero attached hydrogens (tertiary/aromatic N) is 1. The Morgan fingerprint density at radius 1 is 0.893 bits per heavy atom. The summed E-state index contributed by atoms with van der Waals surface area (Å²) in [6.45, 7) is -0.532. The van der Waals surface area contributed by atoms with Crippen LogP contribution in [-0.4, -0.2) is 46.6 Å². The van der Waals surface area contributed by atoms with Crippen molar-refractivity contribution in [3.8, 4) is 5.75 Å². The van der Waals surface area contributed by atoms with Crippen LogP contribution in [0.1, 0.15) is 5.56 Å². The van der Waals surface area contributed by atoms with Crippen LogP contribution in [0.5, 0.6) is 5.75 Å². The fraction of sp³-hybridized carbons (Fsp3) is 0.294. The van der Waals surface area contributed by atoms with Gasteiger partial charge >= 0.3 is 6.18 Å². The van der Waals surface area contributed by atoms with E-state index in [2.05, 4.69) is 0 Å². The Kier molecular flexibility index (Phi) is 5.19. The highest BCUT2D eigenvalue weighted by atomic mass is 32.2. The fourth-order valence-corrected chi connectivity index (χ4v) is 6.09. The van der Waals surface area contributed by atoms with Gasteiger partial charge in [-0.2, -0.15) is 17.5 Å². The van der Waals surface area contributed by atoms with E-state index in [0.29, 0.717) is 17.9 Å². The highest BCUT2D eigenvalue weighted by molar-refractivity contribution is 7.92. The van der Waals surface area contributed by atoms with Crippen molar-refractivity contribution in [1.29, 1.82) is 0 Å². The molecule has 0 amide bonds. The van der Waals surface area contributed by atoms with Crippen molar-refractivity contribution in [2.75, 3.05) is 20.2 Å². The van der Waals surface area contributed by atoms with Crippen LogP contribution in [0.25, 0.3) is 0 Å². The molecule has 2 aromatic rings. The Labute approximate surface area is 160 Å². The van der Waals surface area contributed by atoms with Gasteiger partial charge in [0, 0.05) is 13.1 Å². The summed E-state index contributed by atoms with van der Waals surface area (Å²) in [4.78, 5) is -0.273. The Hall–Kier alpha value is -2.11. The standard InChI is InChI=1S/C17H16F3NO5S2/c1-26-13-4-8-14(9-5-13)27(22,23)16-10-21(11-16)28(24,25)15-6-2-12(3-7-15)17(18,19)20/h2-9,16H,10-11H2,1H3. The fourth-order valence-electron chi connectivity index (χ4n) is 2.72. The zero-order chi connectivity index (χ0) is 20.7. The molecule has 0 aliphatic carbocycles. The van der Waals surface area contributed by atoms with Crippen LogP contribution in [0.15, 0.2) is 58.3 Å². The van der Waals surface area contributed by atoms with E-state index < -0.39 is 36.9 Å². The third kappa shape index (κ3) is 3.74. The molecule has 0 aromatic heterocycles.